The Bertz CT molecular complexity index is 780. The molecule has 0 saturated carbocycles. The highest BCUT2D eigenvalue weighted by Gasteiger charge is 2.31. The first kappa shape index (κ1) is 16.3. The minimum atomic E-state index is -0.329. The van der Waals surface area contributed by atoms with Crippen LogP contribution in [0.25, 0.3) is 0 Å². The van der Waals surface area contributed by atoms with E-state index in [2.05, 4.69) is 10.3 Å². The van der Waals surface area contributed by atoms with Crippen molar-refractivity contribution in [3.63, 3.8) is 0 Å². The molecule has 0 bridgehead atoms. The topological polar surface area (TPSA) is 41.5 Å². The number of hydrogen-bond acceptors (Lipinski definition) is 3. The number of amides is 1. The van der Waals surface area contributed by atoms with Crippen LogP contribution >= 0.6 is 35.0 Å². The quantitative estimate of drug-likeness (QED) is 0.860. The molecular weight excluding hydrogens is 358 g/mol. The maximum Gasteiger partial charge on any atom is 0.239 e. The standard InChI is InChI=1S/C16H11Cl2FN2OS/c17-12-3-1-2-9(14(12)18)8-13-15(22)21-16(23-13)20-11-6-4-10(19)5-7-11/h1-7,13H,8H2,(H,20,21,22)/t13-/m1/s1. The average Bonchev–Trinajstić information content (AvgIpc) is 2.86. The van der Waals surface area contributed by atoms with Crippen molar-refractivity contribution in [3.8, 4) is 0 Å². The van der Waals surface area contributed by atoms with Gasteiger partial charge in [-0.15, -0.1) is 0 Å². The van der Waals surface area contributed by atoms with Crippen LogP contribution in [0.15, 0.2) is 47.5 Å². The van der Waals surface area contributed by atoms with E-state index in [1.807, 2.05) is 6.07 Å². The molecule has 2 aromatic carbocycles. The Hall–Kier alpha value is -1.56. The number of carbonyl (C=O) groups is 1. The highest BCUT2D eigenvalue weighted by molar-refractivity contribution is 8.15. The zero-order valence-corrected chi connectivity index (χ0v) is 14.1. The van der Waals surface area contributed by atoms with Crippen molar-refractivity contribution in [2.24, 2.45) is 4.99 Å². The summed E-state index contributed by atoms with van der Waals surface area (Å²) in [5.74, 6) is -0.461. The van der Waals surface area contributed by atoms with Crippen molar-refractivity contribution >= 4 is 51.7 Å². The van der Waals surface area contributed by atoms with E-state index in [4.69, 9.17) is 23.2 Å². The first-order chi connectivity index (χ1) is 11.0. The monoisotopic (exact) mass is 368 g/mol. The van der Waals surface area contributed by atoms with Gasteiger partial charge in [-0.05, 0) is 42.3 Å². The van der Waals surface area contributed by atoms with Crippen LogP contribution in [-0.2, 0) is 11.2 Å². The predicted molar refractivity (Wildman–Crippen MR) is 93.2 cm³/mol. The van der Waals surface area contributed by atoms with Crippen molar-refractivity contribution in [2.75, 3.05) is 0 Å². The van der Waals surface area contributed by atoms with Gasteiger partial charge in [0.05, 0.1) is 21.0 Å². The summed E-state index contributed by atoms with van der Waals surface area (Å²) in [4.78, 5) is 16.4. The van der Waals surface area contributed by atoms with E-state index < -0.39 is 0 Å². The number of amidine groups is 1. The highest BCUT2D eigenvalue weighted by Crippen LogP contribution is 2.31. The number of rotatable bonds is 3. The molecule has 1 heterocycles. The van der Waals surface area contributed by atoms with Gasteiger partial charge >= 0.3 is 0 Å². The van der Waals surface area contributed by atoms with E-state index in [9.17, 15) is 9.18 Å². The van der Waals surface area contributed by atoms with Gasteiger partial charge < -0.3 is 5.32 Å². The lowest BCUT2D eigenvalue weighted by atomic mass is 10.1. The van der Waals surface area contributed by atoms with Gasteiger partial charge in [-0.25, -0.2) is 9.38 Å². The number of nitrogens with zero attached hydrogens (tertiary/aromatic N) is 1. The van der Waals surface area contributed by atoms with E-state index in [0.717, 1.165) is 5.56 Å². The molecule has 1 saturated heterocycles. The van der Waals surface area contributed by atoms with Crippen LogP contribution in [0.3, 0.4) is 0 Å². The van der Waals surface area contributed by atoms with Crippen LogP contribution in [0.2, 0.25) is 10.0 Å². The molecule has 1 aliphatic rings. The summed E-state index contributed by atoms with van der Waals surface area (Å²) in [6, 6.07) is 11.1. The van der Waals surface area contributed by atoms with E-state index in [0.29, 0.717) is 27.3 Å². The van der Waals surface area contributed by atoms with Crippen LogP contribution in [-0.4, -0.2) is 16.3 Å². The zero-order chi connectivity index (χ0) is 16.4. The molecule has 7 heteroatoms. The predicted octanol–water partition coefficient (Wildman–Crippen LogP) is 4.59. The molecule has 23 heavy (non-hydrogen) atoms. The first-order valence-electron chi connectivity index (χ1n) is 6.77. The van der Waals surface area contributed by atoms with Gasteiger partial charge in [0.15, 0.2) is 5.17 Å². The minimum Gasteiger partial charge on any atom is -0.304 e. The average molecular weight is 369 g/mol. The van der Waals surface area contributed by atoms with Crippen molar-refractivity contribution in [3.05, 3.63) is 63.9 Å². The number of carbonyl (C=O) groups excluding carboxylic acids is 1. The fraction of sp³-hybridized carbons (Fsp3) is 0.125. The summed E-state index contributed by atoms with van der Waals surface area (Å²) in [5, 5.41) is 3.82. The minimum absolute atomic E-state index is 0.132. The fourth-order valence-electron chi connectivity index (χ4n) is 2.13. The lowest BCUT2D eigenvalue weighted by Crippen LogP contribution is -2.26. The first-order valence-corrected chi connectivity index (χ1v) is 8.41. The third kappa shape index (κ3) is 3.86. The lowest BCUT2D eigenvalue weighted by molar-refractivity contribution is -0.118. The smallest absolute Gasteiger partial charge is 0.239 e. The van der Waals surface area contributed by atoms with E-state index in [1.54, 1.807) is 24.3 Å². The highest BCUT2D eigenvalue weighted by atomic mass is 35.5. The second-order valence-electron chi connectivity index (χ2n) is 4.91. The third-order valence-electron chi connectivity index (χ3n) is 3.27. The molecule has 0 aromatic heterocycles. The van der Waals surface area contributed by atoms with Gasteiger partial charge in [0.25, 0.3) is 0 Å². The molecule has 3 nitrogen and oxygen atoms in total. The summed E-state index contributed by atoms with van der Waals surface area (Å²) in [6.45, 7) is 0. The van der Waals surface area contributed by atoms with Gasteiger partial charge in [0.2, 0.25) is 5.91 Å². The molecule has 0 unspecified atom stereocenters. The number of benzene rings is 2. The molecule has 1 N–H and O–H groups in total. The number of halogens is 3. The van der Waals surface area contributed by atoms with Crippen molar-refractivity contribution < 1.29 is 9.18 Å². The Kier molecular flexibility index (Phi) is 4.90. The molecule has 3 rings (SSSR count). The molecule has 1 amide bonds. The van der Waals surface area contributed by atoms with E-state index in [-0.39, 0.29) is 17.0 Å². The maximum atomic E-state index is 12.9. The molecule has 0 radical (unpaired) electrons. The summed E-state index contributed by atoms with van der Waals surface area (Å²) in [6.07, 6.45) is 0.457. The molecule has 1 aliphatic heterocycles. The van der Waals surface area contributed by atoms with Crippen LogP contribution in [0, 0.1) is 5.82 Å². The molecular formula is C16H11Cl2FN2OS. The molecule has 1 fully saturated rings. The Morgan fingerprint density at radius 3 is 2.65 bits per heavy atom. The van der Waals surface area contributed by atoms with E-state index >= 15 is 0 Å². The Morgan fingerprint density at radius 1 is 1.17 bits per heavy atom. The molecule has 118 valence electrons. The number of nitrogens with one attached hydrogen (secondary N) is 1. The SMILES string of the molecule is O=C1NC(=Nc2ccc(F)cc2)S[C@@H]1Cc1cccc(Cl)c1Cl. The number of thioether (sulfide) groups is 1. The van der Waals surface area contributed by atoms with Gasteiger partial charge in [-0.3, -0.25) is 4.79 Å². The fourth-order valence-corrected chi connectivity index (χ4v) is 3.54. The zero-order valence-electron chi connectivity index (χ0n) is 11.7. The molecule has 2 aromatic rings. The Morgan fingerprint density at radius 2 is 1.91 bits per heavy atom. The second-order valence-corrected chi connectivity index (χ2v) is 6.88. The lowest BCUT2D eigenvalue weighted by Gasteiger charge is -2.08. The summed E-state index contributed by atoms with van der Waals surface area (Å²) >= 11 is 13.5. The molecule has 1 atom stereocenters. The maximum absolute atomic E-state index is 12.9. The summed E-state index contributed by atoms with van der Waals surface area (Å²) in [7, 11) is 0. The summed E-state index contributed by atoms with van der Waals surface area (Å²) in [5.41, 5.74) is 1.39. The number of hydrogen-bond donors (Lipinski definition) is 1. The van der Waals surface area contributed by atoms with Gasteiger partial charge in [-0.2, -0.15) is 0 Å². The Balaban J connectivity index is 1.75. The second kappa shape index (κ2) is 6.91. The van der Waals surface area contributed by atoms with Crippen LogP contribution in [0.1, 0.15) is 5.56 Å². The van der Waals surface area contributed by atoms with E-state index in [1.165, 1.54) is 23.9 Å². The van der Waals surface area contributed by atoms with Crippen molar-refractivity contribution in [1.29, 1.82) is 0 Å². The van der Waals surface area contributed by atoms with Crippen molar-refractivity contribution in [2.45, 2.75) is 11.7 Å². The Labute approximate surface area is 146 Å². The van der Waals surface area contributed by atoms with Crippen LogP contribution < -0.4 is 5.32 Å². The molecule has 0 aliphatic carbocycles. The van der Waals surface area contributed by atoms with Crippen LogP contribution in [0.5, 0.6) is 0 Å². The van der Waals surface area contributed by atoms with Gasteiger partial charge in [0.1, 0.15) is 5.82 Å². The summed E-state index contributed by atoms with van der Waals surface area (Å²) < 4.78 is 12.9. The normalized spacial score (nSPS) is 19.2. The third-order valence-corrected chi connectivity index (χ3v) is 5.21. The van der Waals surface area contributed by atoms with Gasteiger partial charge in [0, 0.05) is 0 Å². The van der Waals surface area contributed by atoms with Crippen molar-refractivity contribution in [1.82, 2.24) is 5.32 Å². The largest absolute Gasteiger partial charge is 0.304 e. The number of aliphatic imine (C=N–C) groups is 1. The van der Waals surface area contributed by atoms with Gasteiger partial charge in [-0.1, -0.05) is 47.1 Å². The molecule has 0 spiro atoms. The van der Waals surface area contributed by atoms with Crippen LogP contribution in [0.4, 0.5) is 10.1 Å².